The van der Waals surface area contributed by atoms with Gasteiger partial charge < -0.3 is 4.74 Å². The lowest BCUT2D eigenvalue weighted by atomic mass is 9.76. The van der Waals surface area contributed by atoms with Gasteiger partial charge in [0.2, 0.25) is 0 Å². The van der Waals surface area contributed by atoms with Crippen molar-refractivity contribution in [3.05, 3.63) is 30.3 Å². The number of hydrogen-bond acceptors (Lipinski definition) is 4. The largest absolute Gasteiger partial charge is 0.381 e. The normalized spacial score (nSPS) is 45.8. The molecule has 19 heavy (non-hydrogen) atoms. The number of fused-ring (bicyclic) bond motifs is 8. The lowest BCUT2D eigenvalue weighted by molar-refractivity contribution is 0.162. The zero-order chi connectivity index (χ0) is 12.4. The lowest BCUT2D eigenvalue weighted by Crippen LogP contribution is -2.45. The number of benzene rings is 1. The molecule has 2 aliphatic carbocycles. The van der Waals surface area contributed by atoms with E-state index < -0.39 is 0 Å². The Bertz CT molecular complexity index is 531. The molecule has 4 heteroatoms. The molecule has 0 aromatic heterocycles. The summed E-state index contributed by atoms with van der Waals surface area (Å²) < 4.78 is 5.71. The molecular weight excluding hydrogens is 238 g/mol. The maximum atomic E-state index is 5.71. The van der Waals surface area contributed by atoms with Gasteiger partial charge in [0.25, 0.3) is 0 Å². The Kier molecular flexibility index (Phi) is 1.95. The first-order valence-electron chi connectivity index (χ1n) is 7.26. The van der Waals surface area contributed by atoms with Crippen LogP contribution in [0.5, 0.6) is 0 Å². The van der Waals surface area contributed by atoms with Crippen LogP contribution in [-0.4, -0.2) is 25.3 Å². The standard InChI is InChI=1S/C15H17N3O/c1-2-4-9(5-3-1)18-15-11-6-10(14(15)16-17-18)12-7-19-8-13(11)12/h1-5,10-15H,6-8H2/t10-,11+,12-,13-,14+,15+/m1/s1. The molecule has 0 amide bonds. The predicted molar refractivity (Wildman–Crippen MR) is 70.7 cm³/mol. The second-order valence-electron chi connectivity index (χ2n) is 6.29. The first-order chi connectivity index (χ1) is 9.43. The Morgan fingerprint density at radius 1 is 1.00 bits per heavy atom. The van der Waals surface area contributed by atoms with Gasteiger partial charge in [0.15, 0.2) is 0 Å². The fourth-order valence-electron chi connectivity index (χ4n) is 4.88. The molecule has 0 spiro atoms. The fraction of sp³-hybridized carbons (Fsp3) is 0.600. The maximum absolute atomic E-state index is 5.71. The van der Waals surface area contributed by atoms with E-state index in [0.717, 1.165) is 31.0 Å². The van der Waals surface area contributed by atoms with Gasteiger partial charge in [-0.15, -0.1) is 0 Å². The Morgan fingerprint density at radius 3 is 2.63 bits per heavy atom. The van der Waals surface area contributed by atoms with Gasteiger partial charge in [-0.05, 0) is 42.2 Å². The average Bonchev–Trinajstić information content (AvgIpc) is 3.17. The number of nitrogens with zero attached hydrogens (tertiary/aromatic N) is 3. The third-order valence-electron chi connectivity index (χ3n) is 5.63. The van der Waals surface area contributed by atoms with Crippen LogP contribution in [0, 0.1) is 23.7 Å². The van der Waals surface area contributed by atoms with Gasteiger partial charge in [0, 0.05) is 0 Å². The van der Waals surface area contributed by atoms with Crippen LogP contribution >= 0.6 is 0 Å². The molecule has 6 atom stereocenters. The molecule has 3 fully saturated rings. The zero-order valence-electron chi connectivity index (χ0n) is 10.7. The number of hydrogen-bond donors (Lipinski definition) is 0. The van der Waals surface area contributed by atoms with Crippen molar-refractivity contribution in [2.45, 2.75) is 18.5 Å². The summed E-state index contributed by atoms with van der Waals surface area (Å²) in [5.41, 5.74) is 1.18. The molecule has 0 unspecified atom stereocenters. The molecule has 5 rings (SSSR count). The van der Waals surface area contributed by atoms with E-state index in [4.69, 9.17) is 4.74 Å². The topological polar surface area (TPSA) is 37.2 Å². The predicted octanol–water partition coefficient (Wildman–Crippen LogP) is 2.52. The fourth-order valence-corrected chi connectivity index (χ4v) is 4.88. The molecule has 4 aliphatic rings. The Hall–Kier alpha value is -1.42. The van der Waals surface area contributed by atoms with Crippen LogP contribution in [-0.2, 0) is 4.74 Å². The molecule has 2 aliphatic heterocycles. The summed E-state index contributed by atoms with van der Waals surface area (Å²) in [5, 5.41) is 11.2. The summed E-state index contributed by atoms with van der Waals surface area (Å²) in [6.45, 7) is 1.91. The zero-order valence-corrected chi connectivity index (χ0v) is 10.7. The van der Waals surface area contributed by atoms with Crippen LogP contribution in [0.3, 0.4) is 0 Å². The first kappa shape index (κ1) is 10.4. The molecule has 4 nitrogen and oxygen atoms in total. The van der Waals surface area contributed by atoms with Crippen molar-refractivity contribution in [2.75, 3.05) is 18.2 Å². The molecule has 2 bridgehead atoms. The molecule has 98 valence electrons. The third-order valence-corrected chi connectivity index (χ3v) is 5.63. The maximum Gasteiger partial charge on any atom is 0.0988 e. The first-order valence-corrected chi connectivity index (χ1v) is 7.26. The van der Waals surface area contributed by atoms with Gasteiger partial charge in [-0.3, -0.25) is 0 Å². The summed E-state index contributed by atoms with van der Waals surface area (Å²) in [6.07, 6.45) is 1.33. The van der Waals surface area contributed by atoms with Gasteiger partial charge in [0.05, 0.1) is 31.0 Å². The van der Waals surface area contributed by atoms with Gasteiger partial charge in [-0.25, -0.2) is 5.01 Å². The van der Waals surface area contributed by atoms with E-state index in [1.165, 1.54) is 12.1 Å². The summed E-state index contributed by atoms with van der Waals surface area (Å²) in [5.74, 6) is 2.93. The van der Waals surface area contributed by atoms with Crippen LogP contribution in [0.4, 0.5) is 5.69 Å². The smallest absolute Gasteiger partial charge is 0.0988 e. The number of rotatable bonds is 1. The molecule has 2 heterocycles. The highest BCUT2D eigenvalue weighted by molar-refractivity contribution is 5.48. The monoisotopic (exact) mass is 255 g/mol. The highest BCUT2D eigenvalue weighted by Crippen LogP contribution is 2.59. The van der Waals surface area contributed by atoms with Crippen molar-refractivity contribution in [1.29, 1.82) is 0 Å². The summed E-state index contributed by atoms with van der Waals surface area (Å²) in [7, 11) is 0. The number of anilines is 1. The van der Waals surface area contributed by atoms with E-state index in [0.29, 0.717) is 18.0 Å². The van der Waals surface area contributed by atoms with Crippen molar-refractivity contribution in [2.24, 2.45) is 34.0 Å². The Morgan fingerprint density at radius 2 is 1.79 bits per heavy atom. The second-order valence-corrected chi connectivity index (χ2v) is 6.29. The van der Waals surface area contributed by atoms with Crippen LogP contribution < -0.4 is 5.01 Å². The Balaban J connectivity index is 1.52. The van der Waals surface area contributed by atoms with Crippen LogP contribution in [0.2, 0.25) is 0 Å². The molecular formula is C15H17N3O. The summed E-state index contributed by atoms with van der Waals surface area (Å²) >= 11 is 0. The number of ether oxygens (including phenoxy) is 1. The minimum absolute atomic E-state index is 0.410. The van der Waals surface area contributed by atoms with Crippen molar-refractivity contribution in [3.63, 3.8) is 0 Å². The average molecular weight is 255 g/mol. The Labute approximate surface area is 112 Å². The molecule has 1 aromatic carbocycles. The van der Waals surface area contributed by atoms with Crippen molar-refractivity contribution < 1.29 is 4.74 Å². The molecule has 1 aromatic rings. The van der Waals surface area contributed by atoms with Crippen LogP contribution in [0.1, 0.15) is 6.42 Å². The van der Waals surface area contributed by atoms with E-state index in [-0.39, 0.29) is 0 Å². The molecule has 0 radical (unpaired) electrons. The van der Waals surface area contributed by atoms with Gasteiger partial charge in [-0.1, -0.05) is 23.4 Å². The van der Waals surface area contributed by atoms with E-state index in [2.05, 4.69) is 45.7 Å². The van der Waals surface area contributed by atoms with Gasteiger partial charge in [-0.2, -0.15) is 5.11 Å². The number of para-hydroxylation sites is 1. The van der Waals surface area contributed by atoms with Gasteiger partial charge >= 0.3 is 0 Å². The highest BCUT2D eigenvalue weighted by atomic mass is 16.5. The van der Waals surface area contributed by atoms with Crippen molar-refractivity contribution in [3.8, 4) is 0 Å². The molecule has 2 saturated carbocycles. The van der Waals surface area contributed by atoms with E-state index in [1.54, 1.807) is 0 Å². The minimum Gasteiger partial charge on any atom is -0.381 e. The van der Waals surface area contributed by atoms with Crippen molar-refractivity contribution >= 4 is 5.69 Å². The van der Waals surface area contributed by atoms with E-state index in [1.807, 2.05) is 0 Å². The summed E-state index contributed by atoms with van der Waals surface area (Å²) in [4.78, 5) is 0. The molecule has 0 N–H and O–H groups in total. The quantitative estimate of drug-likeness (QED) is 0.773. The molecule has 1 saturated heterocycles. The SMILES string of the molecule is c1ccc(N2N=N[C@H]3[C@@H]4C[C@@H]([C@H]5COC[C@@H]54)[C@@H]32)cc1. The lowest BCUT2D eigenvalue weighted by Gasteiger charge is -2.34. The van der Waals surface area contributed by atoms with Crippen LogP contribution in [0.25, 0.3) is 0 Å². The minimum atomic E-state index is 0.410. The summed E-state index contributed by atoms with van der Waals surface area (Å²) in [6, 6.07) is 11.4. The second kappa shape index (κ2) is 3.57. The van der Waals surface area contributed by atoms with Gasteiger partial charge in [0.1, 0.15) is 0 Å². The highest BCUT2D eigenvalue weighted by Gasteiger charge is 2.63. The van der Waals surface area contributed by atoms with Crippen LogP contribution in [0.15, 0.2) is 40.7 Å². The van der Waals surface area contributed by atoms with E-state index in [9.17, 15) is 0 Å². The van der Waals surface area contributed by atoms with Crippen molar-refractivity contribution in [1.82, 2.24) is 0 Å². The third kappa shape index (κ3) is 1.23. The van der Waals surface area contributed by atoms with E-state index >= 15 is 0 Å².